The number of hydrogen-bond donors (Lipinski definition) is 1. The van der Waals surface area contributed by atoms with E-state index in [0.717, 1.165) is 37.0 Å². The quantitative estimate of drug-likeness (QED) is 0.742. The van der Waals surface area contributed by atoms with Gasteiger partial charge in [0.15, 0.2) is 5.82 Å². The maximum Gasteiger partial charge on any atom is 0.151 e. The molecule has 0 bridgehead atoms. The second-order valence-electron chi connectivity index (χ2n) is 6.32. The fourth-order valence-electron chi connectivity index (χ4n) is 3.29. The third kappa shape index (κ3) is 4.32. The van der Waals surface area contributed by atoms with Crippen LogP contribution >= 0.6 is 12.4 Å². The molecule has 1 aliphatic rings. The highest BCUT2D eigenvalue weighted by molar-refractivity contribution is 5.85. The van der Waals surface area contributed by atoms with Crippen molar-refractivity contribution in [1.29, 1.82) is 0 Å². The van der Waals surface area contributed by atoms with Crippen LogP contribution in [-0.4, -0.2) is 39.3 Å². The maximum absolute atomic E-state index is 14.0. The van der Waals surface area contributed by atoms with Crippen molar-refractivity contribution >= 4 is 12.4 Å². The van der Waals surface area contributed by atoms with Crippen molar-refractivity contribution < 1.29 is 8.78 Å². The predicted molar refractivity (Wildman–Crippen MR) is 101 cm³/mol. The van der Waals surface area contributed by atoms with Gasteiger partial charge in [-0.1, -0.05) is 6.07 Å². The van der Waals surface area contributed by atoms with E-state index in [9.17, 15) is 8.78 Å². The van der Waals surface area contributed by atoms with Gasteiger partial charge in [-0.25, -0.2) is 13.5 Å². The molecular formula is C19H20ClF2N5. The molecule has 1 aliphatic heterocycles. The number of halogens is 3. The zero-order valence-corrected chi connectivity index (χ0v) is 15.4. The van der Waals surface area contributed by atoms with Crippen molar-refractivity contribution in [2.75, 3.05) is 19.6 Å². The summed E-state index contributed by atoms with van der Waals surface area (Å²) in [7, 11) is 0. The molecule has 1 N–H and O–H groups in total. The molecule has 0 saturated carbocycles. The number of benzene rings is 1. The summed E-state index contributed by atoms with van der Waals surface area (Å²) in [5, 5.41) is 7.88. The minimum absolute atomic E-state index is 0. The number of nitrogens with one attached hydrogen (secondary N) is 1. The predicted octanol–water partition coefficient (Wildman–Crippen LogP) is 3.11. The van der Waals surface area contributed by atoms with Gasteiger partial charge in [0, 0.05) is 56.9 Å². The molecule has 1 fully saturated rings. The Bertz CT molecular complexity index is 887. The van der Waals surface area contributed by atoms with Gasteiger partial charge in [0.1, 0.15) is 11.5 Å². The molecule has 3 heterocycles. The van der Waals surface area contributed by atoms with Crippen molar-refractivity contribution in [2.24, 2.45) is 0 Å². The SMILES string of the molecule is Cl.Fc1ccc(-n2ccc(CN3CCNCC3c3cccnc3)n2)c(F)c1. The summed E-state index contributed by atoms with van der Waals surface area (Å²) in [5.74, 6) is -1.23. The van der Waals surface area contributed by atoms with Crippen LogP contribution in [0.5, 0.6) is 0 Å². The third-order valence-corrected chi connectivity index (χ3v) is 4.59. The van der Waals surface area contributed by atoms with Crippen molar-refractivity contribution in [3.05, 3.63) is 77.9 Å². The summed E-state index contributed by atoms with van der Waals surface area (Å²) in [5.41, 5.74) is 2.23. The van der Waals surface area contributed by atoms with Gasteiger partial charge in [-0.3, -0.25) is 9.88 Å². The molecular weight excluding hydrogens is 372 g/mol. The fourth-order valence-corrected chi connectivity index (χ4v) is 3.29. The van der Waals surface area contributed by atoms with Gasteiger partial charge in [0.05, 0.1) is 5.69 Å². The van der Waals surface area contributed by atoms with Crippen LogP contribution in [-0.2, 0) is 6.54 Å². The molecule has 2 aromatic heterocycles. The normalized spacial score (nSPS) is 17.5. The molecule has 0 aliphatic carbocycles. The van der Waals surface area contributed by atoms with E-state index < -0.39 is 11.6 Å². The Balaban J connectivity index is 0.00000210. The summed E-state index contributed by atoms with van der Waals surface area (Å²) in [6.45, 7) is 3.29. The number of nitrogens with zero attached hydrogens (tertiary/aromatic N) is 4. The number of aromatic nitrogens is 3. The number of pyridine rings is 1. The van der Waals surface area contributed by atoms with E-state index in [-0.39, 0.29) is 24.1 Å². The third-order valence-electron chi connectivity index (χ3n) is 4.59. The van der Waals surface area contributed by atoms with E-state index in [1.165, 1.54) is 16.8 Å². The molecule has 0 amide bonds. The lowest BCUT2D eigenvalue weighted by molar-refractivity contribution is 0.151. The molecule has 1 unspecified atom stereocenters. The van der Waals surface area contributed by atoms with Gasteiger partial charge in [-0.2, -0.15) is 5.10 Å². The van der Waals surface area contributed by atoms with Crippen LogP contribution in [0.3, 0.4) is 0 Å². The first kappa shape index (κ1) is 19.4. The Labute approximate surface area is 162 Å². The van der Waals surface area contributed by atoms with Crippen molar-refractivity contribution in [1.82, 2.24) is 25.0 Å². The number of piperazine rings is 1. The molecule has 1 saturated heterocycles. The first-order valence-electron chi connectivity index (χ1n) is 8.55. The lowest BCUT2D eigenvalue weighted by Gasteiger charge is -2.35. The highest BCUT2D eigenvalue weighted by Gasteiger charge is 2.24. The van der Waals surface area contributed by atoms with Gasteiger partial charge >= 0.3 is 0 Å². The van der Waals surface area contributed by atoms with E-state index in [1.54, 1.807) is 12.4 Å². The average molecular weight is 392 g/mol. The first-order valence-corrected chi connectivity index (χ1v) is 8.55. The molecule has 1 aromatic carbocycles. The van der Waals surface area contributed by atoms with Crippen LogP contribution in [0.1, 0.15) is 17.3 Å². The summed E-state index contributed by atoms with van der Waals surface area (Å²) in [6.07, 6.45) is 5.35. The van der Waals surface area contributed by atoms with Gasteiger partial charge < -0.3 is 5.32 Å². The highest BCUT2D eigenvalue weighted by Crippen LogP contribution is 2.23. The monoisotopic (exact) mass is 391 g/mol. The lowest BCUT2D eigenvalue weighted by atomic mass is 10.1. The van der Waals surface area contributed by atoms with Gasteiger partial charge in [-0.05, 0) is 29.8 Å². The minimum Gasteiger partial charge on any atom is -0.314 e. The zero-order chi connectivity index (χ0) is 17.9. The Morgan fingerprint density at radius 3 is 2.85 bits per heavy atom. The van der Waals surface area contributed by atoms with E-state index in [4.69, 9.17) is 0 Å². The smallest absolute Gasteiger partial charge is 0.151 e. The Hall–Kier alpha value is -2.35. The van der Waals surface area contributed by atoms with Crippen LogP contribution < -0.4 is 5.32 Å². The molecule has 4 rings (SSSR count). The van der Waals surface area contributed by atoms with Gasteiger partial charge in [0.25, 0.3) is 0 Å². The summed E-state index contributed by atoms with van der Waals surface area (Å²) in [6, 6.07) is 9.58. The van der Waals surface area contributed by atoms with Crippen LogP contribution in [0.2, 0.25) is 0 Å². The molecule has 3 aromatic rings. The Kier molecular flexibility index (Phi) is 6.15. The van der Waals surface area contributed by atoms with Crippen molar-refractivity contribution in [2.45, 2.75) is 12.6 Å². The van der Waals surface area contributed by atoms with Crippen molar-refractivity contribution in [3.63, 3.8) is 0 Å². The van der Waals surface area contributed by atoms with Crippen molar-refractivity contribution in [3.8, 4) is 5.69 Å². The summed E-state index contributed by atoms with van der Waals surface area (Å²) >= 11 is 0. The van der Waals surface area contributed by atoms with E-state index in [1.807, 2.05) is 18.3 Å². The van der Waals surface area contributed by atoms with Crippen LogP contribution in [0.4, 0.5) is 8.78 Å². The minimum atomic E-state index is -0.630. The molecule has 5 nitrogen and oxygen atoms in total. The Morgan fingerprint density at radius 2 is 2.07 bits per heavy atom. The van der Waals surface area contributed by atoms with Gasteiger partial charge in [0.2, 0.25) is 0 Å². The second kappa shape index (κ2) is 8.56. The highest BCUT2D eigenvalue weighted by atomic mass is 35.5. The topological polar surface area (TPSA) is 46.0 Å². The molecule has 142 valence electrons. The van der Waals surface area contributed by atoms with Crippen LogP contribution in [0.15, 0.2) is 55.0 Å². The fraction of sp³-hybridized carbons (Fsp3) is 0.263. The second-order valence-corrected chi connectivity index (χ2v) is 6.32. The van der Waals surface area contributed by atoms with E-state index in [0.29, 0.717) is 6.54 Å². The van der Waals surface area contributed by atoms with Crippen LogP contribution in [0, 0.1) is 11.6 Å². The molecule has 1 atom stereocenters. The number of rotatable bonds is 4. The molecule has 0 radical (unpaired) electrons. The maximum atomic E-state index is 14.0. The first-order chi connectivity index (χ1) is 12.7. The standard InChI is InChI=1S/C19H19F2N5.ClH/c20-15-3-4-18(17(21)10-15)26-8-5-16(24-26)13-25-9-7-23-12-19(25)14-2-1-6-22-11-14;/h1-6,8,10-11,19,23H,7,9,12-13H2;1H. The average Bonchev–Trinajstić information content (AvgIpc) is 3.11. The van der Waals surface area contributed by atoms with E-state index in [2.05, 4.69) is 26.4 Å². The molecule has 27 heavy (non-hydrogen) atoms. The lowest BCUT2D eigenvalue weighted by Crippen LogP contribution is -2.45. The van der Waals surface area contributed by atoms with Gasteiger partial charge in [-0.15, -0.1) is 12.4 Å². The largest absolute Gasteiger partial charge is 0.314 e. The summed E-state index contributed by atoms with van der Waals surface area (Å²) < 4.78 is 28.5. The number of hydrogen-bond acceptors (Lipinski definition) is 4. The van der Waals surface area contributed by atoms with E-state index >= 15 is 0 Å². The van der Waals surface area contributed by atoms with Crippen LogP contribution in [0.25, 0.3) is 5.69 Å². The molecule has 0 spiro atoms. The Morgan fingerprint density at radius 1 is 1.19 bits per heavy atom. The molecule has 8 heteroatoms. The zero-order valence-electron chi connectivity index (χ0n) is 14.6. The summed E-state index contributed by atoms with van der Waals surface area (Å²) in [4.78, 5) is 6.55.